The van der Waals surface area contributed by atoms with Crippen LogP contribution in [-0.4, -0.2) is 16.8 Å². The van der Waals surface area contributed by atoms with Crippen LogP contribution in [0.1, 0.15) is 24.5 Å². The second-order valence-corrected chi connectivity index (χ2v) is 3.99. The van der Waals surface area contributed by atoms with Crippen LogP contribution in [0, 0.1) is 0 Å². The van der Waals surface area contributed by atoms with E-state index in [4.69, 9.17) is 0 Å². The van der Waals surface area contributed by atoms with Crippen molar-refractivity contribution in [2.24, 2.45) is 7.05 Å². The Hall–Kier alpha value is -0.510. The minimum absolute atomic E-state index is 0.702. The van der Waals surface area contributed by atoms with E-state index >= 15 is 0 Å². The van der Waals surface area contributed by atoms with E-state index in [-0.39, 0.29) is 0 Å². The largest absolute Gasteiger partial charge is 0.372 e. The Kier molecular flexibility index (Phi) is 1.87. The molecule has 0 unspecified atom stereocenters. The zero-order chi connectivity index (χ0) is 8.72. The van der Waals surface area contributed by atoms with E-state index in [9.17, 15) is 0 Å². The van der Waals surface area contributed by atoms with Crippen molar-refractivity contribution in [3.05, 3.63) is 10.2 Å². The second kappa shape index (κ2) is 2.76. The SMILES string of the molecule is CNc1c(Br)c(C2CC2)nn1C. The van der Waals surface area contributed by atoms with Crippen LogP contribution in [0.2, 0.25) is 0 Å². The van der Waals surface area contributed by atoms with Gasteiger partial charge in [0.15, 0.2) is 0 Å². The number of hydrogen-bond donors (Lipinski definition) is 1. The standard InChI is InChI=1S/C8H12BrN3/c1-10-8-6(9)7(5-3-4-5)11-12(8)2/h5,10H,3-4H2,1-2H3. The maximum absolute atomic E-state index is 4.45. The number of nitrogens with one attached hydrogen (secondary N) is 1. The van der Waals surface area contributed by atoms with Gasteiger partial charge in [0.2, 0.25) is 0 Å². The second-order valence-electron chi connectivity index (χ2n) is 3.20. The summed E-state index contributed by atoms with van der Waals surface area (Å²) in [6.45, 7) is 0. The van der Waals surface area contributed by atoms with Gasteiger partial charge in [0.05, 0.1) is 10.2 Å². The van der Waals surface area contributed by atoms with E-state index in [1.54, 1.807) is 0 Å². The monoisotopic (exact) mass is 229 g/mol. The highest BCUT2D eigenvalue weighted by molar-refractivity contribution is 9.10. The summed E-state index contributed by atoms with van der Waals surface area (Å²) in [5.74, 6) is 1.77. The van der Waals surface area contributed by atoms with Crippen LogP contribution in [0.3, 0.4) is 0 Å². The van der Waals surface area contributed by atoms with Gasteiger partial charge < -0.3 is 5.32 Å². The van der Waals surface area contributed by atoms with Crippen molar-refractivity contribution < 1.29 is 0 Å². The fraction of sp³-hybridized carbons (Fsp3) is 0.625. The van der Waals surface area contributed by atoms with Crippen molar-refractivity contribution in [3.8, 4) is 0 Å². The van der Waals surface area contributed by atoms with Crippen molar-refractivity contribution >= 4 is 21.7 Å². The number of aromatic nitrogens is 2. The third-order valence-corrected chi connectivity index (χ3v) is 3.00. The molecule has 1 aliphatic rings. The van der Waals surface area contributed by atoms with Gasteiger partial charge in [-0.25, -0.2) is 0 Å². The number of hydrogen-bond acceptors (Lipinski definition) is 2. The van der Waals surface area contributed by atoms with Crippen LogP contribution in [0.15, 0.2) is 4.47 Å². The molecule has 0 atom stereocenters. The summed E-state index contributed by atoms with van der Waals surface area (Å²) in [5, 5.41) is 7.57. The lowest BCUT2D eigenvalue weighted by atomic mass is 10.3. The molecule has 66 valence electrons. The van der Waals surface area contributed by atoms with Crippen LogP contribution >= 0.6 is 15.9 Å². The number of anilines is 1. The molecule has 1 aromatic heterocycles. The normalized spacial score (nSPS) is 16.6. The fourth-order valence-electron chi connectivity index (χ4n) is 1.41. The Morgan fingerprint density at radius 3 is 2.67 bits per heavy atom. The minimum atomic E-state index is 0.702. The van der Waals surface area contributed by atoms with Gasteiger partial charge in [-0.05, 0) is 28.8 Å². The Labute approximate surface area is 80.3 Å². The summed E-state index contributed by atoms with van der Waals surface area (Å²) in [4.78, 5) is 0. The summed E-state index contributed by atoms with van der Waals surface area (Å²) in [6, 6.07) is 0. The zero-order valence-electron chi connectivity index (χ0n) is 7.26. The summed E-state index contributed by atoms with van der Waals surface area (Å²) in [7, 11) is 3.88. The predicted octanol–water partition coefficient (Wildman–Crippen LogP) is 2.10. The highest BCUT2D eigenvalue weighted by Gasteiger charge is 2.30. The first-order valence-electron chi connectivity index (χ1n) is 4.14. The lowest BCUT2D eigenvalue weighted by Gasteiger charge is -1.98. The molecule has 0 spiro atoms. The van der Waals surface area contributed by atoms with E-state index in [1.165, 1.54) is 18.5 Å². The molecular formula is C8H12BrN3. The zero-order valence-corrected chi connectivity index (χ0v) is 8.85. The predicted molar refractivity (Wildman–Crippen MR) is 52.4 cm³/mol. The molecule has 1 aliphatic carbocycles. The van der Waals surface area contributed by atoms with Crippen LogP contribution in [0.5, 0.6) is 0 Å². The van der Waals surface area contributed by atoms with E-state index in [0.717, 1.165) is 10.3 Å². The van der Waals surface area contributed by atoms with Crippen molar-refractivity contribution in [1.29, 1.82) is 0 Å². The molecule has 1 saturated carbocycles. The first kappa shape index (κ1) is 8.10. The average molecular weight is 230 g/mol. The van der Waals surface area contributed by atoms with Crippen molar-refractivity contribution in [2.45, 2.75) is 18.8 Å². The molecule has 4 heteroatoms. The lowest BCUT2D eigenvalue weighted by Crippen LogP contribution is -1.98. The Morgan fingerprint density at radius 1 is 1.58 bits per heavy atom. The highest BCUT2D eigenvalue weighted by atomic mass is 79.9. The maximum atomic E-state index is 4.45. The minimum Gasteiger partial charge on any atom is -0.372 e. The molecular weight excluding hydrogens is 218 g/mol. The Balaban J connectivity index is 2.42. The molecule has 0 aromatic carbocycles. The number of rotatable bonds is 2. The third-order valence-electron chi connectivity index (χ3n) is 2.21. The molecule has 0 bridgehead atoms. The topological polar surface area (TPSA) is 29.9 Å². The lowest BCUT2D eigenvalue weighted by molar-refractivity contribution is 0.750. The summed E-state index contributed by atoms with van der Waals surface area (Å²) in [5.41, 5.74) is 1.21. The van der Waals surface area contributed by atoms with E-state index in [2.05, 4.69) is 26.3 Å². The molecule has 1 fully saturated rings. The molecule has 1 aromatic rings. The van der Waals surface area contributed by atoms with Crippen LogP contribution in [0.25, 0.3) is 0 Å². The Morgan fingerprint density at radius 2 is 2.25 bits per heavy atom. The van der Waals surface area contributed by atoms with Gasteiger partial charge in [-0.3, -0.25) is 4.68 Å². The number of halogens is 1. The first-order valence-corrected chi connectivity index (χ1v) is 4.93. The van der Waals surface area contributed by atoms with E-state index < -0.39 is 0 Å². The summed E-state index contributed by atoms with van der Waals surface area (Å²) in [6.07, 6.45) is 2.58. The smallest absolute Gasteiger partial charge is 0.138 e. The van der Waals surface area contributed by atoms with Gasteiger partial charge in [0.1, 0.15) is 5.82 Å². The third kappa shape index (κ3) is 1.14. The van der Waals surface area contributed by atoms with Crippen LogP contribution in [-0.2, 0) is 7.05 Å². The van der Waals surface area contributed by atoms with Crippen molar-refractivity contribution in [1.82, 2.24) is 9.78 Å². The molecule has 1 heterocycles. The molecule has 0 radical (unpaired) electrons. The Bertz CT molecular complexity index is 301. The molecule has 1 N–H and O–H groups in total. The molecule has 0 saturated heterocycles. The van der Waals surface area contributed by atoms with Gasteiger partial charge in [-0.2, -0.15) is 5.10 Å². The molecule has 12 heavy (non-hydrogen) atoms. The van der Waals surface area contributed by atoms with Crippen molar-refractivity contribution in [2.75, 3.05) is 12.4 Å². The first-order chi connectivity index (χ1) is 5.74. The van der Waals surface area contributed by atoms with Crippen molar-refractivity contribution in [3.63, 3.8) is 0 Å². The fourth-order valence-corrected chi connectivity index (χ4v) is 2.27. The van der Waals surface area contributed by atoms with Gasteiger partial charge in [-0.1, -0.05) is 0 Å². The molecule has 3 nitrogen and oxygen atoms in total. The van der Waals surface area contributed by atoms with Crippen LogP contribution < -0.4 is 5.32 Å². The van der Waals surface area contributed by atoms with E-state index in [0.29, 0.717) is 5.92 Å². The average Bonchev–Trinajstić information content (AvgIpc) is 2.80. The van der Waals surface area contributed by atoms with Gasteiger partial charge in [0.25, 0.3) is 0 Å². The van der Waals surface area contributed by atoms with Gasteiger partial charge >= 0.3 is 0 Å². The molecule has 2 rings (SSSR count). The van der Waals surface area contributed by atoms with Gasteiger partial charge in [-0.15, -0.1) is 0 Å². The van der Waals surface area contributed by atoms with Crippen LogP contribution in [0.4, 0.5) is 5.82 Å². The number of aryl methyl sites for hydroxylation is 1. The summed E-state index contributed by atoms with van der Waals surface area (Å²) >= 11 is 3.56. The molecule has 0 aliphatic heterocycles. The molecule has 0 amide bonds. The van der Waals surface area contributed by atoms with E-state index in [1.807, 2.05) is 18.8 Å². The quantitative estimate of drug-likeness (QED) is 0.843. The maximum Gasteiger partial charge on any atom is 0.138 e. The summed E-state index contributed by atoms with van der Waals surface area (Å²) < 4.78 is 3.02. The highest BCUT2D eigenvalue weighted by Crippen LogP contribution is 2.44. The number of nitrogens with zero attached hydrogens (tertiary/aromatic N) is 2. The van der Waals surface area contributed by atoms with Gasteiger partial charge in [0, 0.05) is 20.0 Å².